The Bertz CT molecular complexity index is 1020. The number of amides is 1. The number of primary sulfonamides is 1. The number of rotatable bonds is 5. The van der Waals surface area contributed by atoms with Gasteiger partial charge in [-0.25, -0.2) is 23.2 Å². The number of nitrogens with zero attached hydrogens (tertiary/aromatic N) is 3. The monoisotopic (exact) mass is 391 g/mol. The van der Waals surface area contributed by atoms with Crippen LogP contribution in [0, 0.1) is 6.92 Å². The molecule has 0 radical (unpaired) electrons. The van der Waals surface area contributed by atoms with E-state index in [-0.39, 0.29) is 16.2 Å². The number of nitrogens with one attached hydrogen (secondary N) is 1. The van der Waals surface area contributed by atoms with Crippen LogP contribution in [0.2, 0.25) is 0 Å². The first-order valence-corrected chi connectivity index (χ1v) is 10.0. The average Bonchev–Trinajstić information content (AvgIpc) is 3.24. The van der Waals surface area contributed by atoms with E-state index in [9.17, 15) is 13.2 Å². The lowest BCUT2D eigenvalue weighted by Gasteiger charge is -2.14. The van der Waals surface area contributed by atoms with Crippen molar-refractivity contribution in [2.75, 3.05) is 0 Å². The summed E-state index contributed by atoms with van der Waals surface area (Å²) >= 11 is 0.869. The van der Waals surface area contributed by atoms with E-state index >= 15 is 0 Å². The molecule has 0 aliphatic carbocycles. The van der Waals surface area contributed by atoms with Crippen molar-refractivity contribution >= 4 is 27.3 Å². The third-order valence-corrected chi connectivity index (χ3v) is 6.46. The van der Waals surface area contributed by atoms with Gasteiger partial charge >= 0.3 is 0 Å². The van der Waals surface area contributed by atoms with Crippen LogP contribution in [-0.2, 0) is 10.0 Å². The zero-order valence-corrected chi connectivity index (χ0v) is 15.7. The summed E-state index contributed by atoms with van der Waals surface area (Å²) in [6.07, 6.45) is 3.05. The normalized spacial score (nSPS) is 12.7. The molecule has 1 unspecified atom stereocenters. The predicted molar refractivity (Wildman–Crippen MR) is 97.7 cm³/mol. The van der Waals surface area contributed by atoms with Crippen LogP contribution in [-0.4, -0.2) is 29.1 Å². The number of thiophene rings is 1. The summed E-state index contributed by atoms with van der Waals surface area (Å²) in [7, 11) is -3.82. The van der Waals surface area contributed by atoms with E-state index in [0.717, 1.165) is 22.6 Å². The molecule has 0 aliphatic rings. The van der Waals surface area contributed by atoms with Gasteiger partial charge in [0.15, 0.2) is 0 Å². The van der Waals surface area contributed by atoms with E-state index in [1.165, 1.54) is 12.4 Å². The van der Waals surface area contributed by atoms with E-state index in [2.05, 4.69) is 15.4 Å². The highest BCUT2D eigenvalue weighted by molar-refractivity contribution is 7.91. The van der Waals surface area contributed by atoms with Crippen molar-refractivity contribution in [1.29, 1.82) is 0 Å². The second kappa shape index (κ2) is 6.98. The minimum Gasteiger partial charge on any atom is -0.345 e. The molecule has 0 fully saturated rings. The number of aromatic nitrogens is 3. The lowest BCUT2D eigenvalue weighted by atomic mass is 10.1. The molecule has 0 spiro atoms. The third kappa shape index (κ3) is 3.82. The first-order chi connectivity index (χ1) is 12.3. The van der Waals surface area contributed by atoms with E-state index in [0.29, 0.717) is 10.4 Å². The molecule has 0 saturated carbocycles. The molecule has 1 atom stereocenters. The number of nitrogens with two attached hydrogens (primary N) is 1. The highest BCUT2D eigenvalue weighted by atomic mass is 32.2. The Morgan fingerprint density at radius 2 is 2.00 bits per heavy atom. The van der Waals surface area contributed by atoms with Crippen molar-refractivity contribution < 1.29 is 13.2 Å². The fourth-order valence-electron chi connectivity index (χ4n) is 2.42. The van der Waals surface area contributed by atoms with Crippen LogP contribution < -0.4 is 10.5 Å². The van der Waals surface area contributed by atoms with Crippen molar-refractivity contribution in [3.63, 3.8) is 0 Å². The van der Waals surface area contributed by atoms with Crippen LogP contribution in [0.1, 0.15) is 33.8 Å². The smallest absolute Gasteiger partial charge is 0.262 e. The number of benzene rings is 1. The lowest BCUT2D eigenvalue weighted by Crippen LogP contribution is -2.26. The first kappa shape index (κ1) is 18.2. The van der Waals surface area contributed by atoms with Crippen LogP contribution in [0.3, 0.4) is 0 Å². The maximum Gasteiger partial charge on any atom is 0.262 e. The number of hydrogen-bond donors (Lipinski definition) is 2. The molecule has 3 aromatic rings. The first-order valence-electron chi connectivity index (χ1n) is 7.65. The minimum atomic E-state index is -3.82. The van der Waals surface area contributed by atoms with Gasteiger partial charge < -0.3 is 5.32 Å². The average molecular weight is 391 g/mol. The Morgan fingerprint density at radius 1 is 1.31 bits per heavy atom. The number of aryl methyl sites for hydroxylation is 1. The second-order valence-electron chi connectivity index (χ2n) is 5.75. The van der Waals surface area contributed by atoms with Gasteiger partial charge in [0.25, 0.3) is 5.91 Å². The van der Waals surface area contributed by atoms with Crippen molar-refractivity contribution in [1.82, 2.24) is 20.1 Å². The molecule has 8 nitrogen and oxygen atoms in total. The number of carbonyl (C=O) groups is 1. The molecule has 26 heavy (non-hydrogen) atoms. The van der Waals surface area contributed by atoms with Crippen LogP contribution in [0.25, 0.3) is 5.69 Å². The summed E-state index contributed by atoms with van der Waals surface area (Å²) in [6, 6.07) is 8.68. The van der Waals surface area contributed by atoms with E-state index in [1.807, 2.05) is 31.2 Å². The van der Waals surface area contributed by atoms with Gasteiger partial charge in [-0.15, -0.1) is 11.3 Å². The fourth-order valence-corrected chi connectivity index (χ4v) is 4.29. The molecule has 2 aromatic heterocycles. The Morgan fingerprint density at radius 3 is 2.54 bits per heavy atom. The molecule has 0 aliphatic heterocycles. The molecule has 3 rings (SSSR count). The van der Waals surface area contributed by atoms with Gasteiger partial charge in [0, 0.05) is 0 Å². The summed E-state index contributed by atoms with van der Waals surface area (Å²) in [5, 5.41) is 12.1. The summed E-state index contributed by atoms with van der Waals surface area (Å²) in [5.74, 6) is -0.338. The maximum absolute atomic E-state index is 12.5. The maximum atomic E-state index is 12.5. The van der Waals surface area contributed by atoms with Crippen LogP contribution >= 0.6 is 11.3 Å². The van der Waals surface area contributed by atoms with Crippen molar-refractivity contribution in [2.24, 2.45) is 5.14 Å². The molecule has 2 heterocycles. The van der Waals surface area contributed by atoms with Crippen molar-refractivity contribution in [2.45, 2.75) is 24.1 Å². The quantitative estimate of drug-likeness (QED) is 0.687. The summed E-state index contributed by atoms with van der Waals surface area (Å²) in [4.78, 5) is 16.7. The van der Waals surface area contributed by atoms with Gasteiger partial charge in [-0.1, -0.05) is 12.1 Å². The van der Waals surface area contributed by atoms with Crippen LogP contribution in [0.4, 0.5) is 0 Å². The molecule has 1 aromatic carbocycles. The molecule has 10 heteroatoms. The van der Waals surface area contributed by atoms with Crippen LogP contribution in [0.5, 0.6) is 0 Å². The van der Waals surface area contributed by atoms with Crippen molar-refractivity contribution in [3.05, 3.63) is 59.0 Å². The van der Waals surface area contributed by atoms with Gasteiger partial charge in [-0.05, 0) is 43.2 Å². The predicted octanol–water partition coefficient (Wildman–Crippen LogP) is 1.78. The number of sulfonamides is 1. The molecular weight excluding hydrogens is 374 g/mol. The Balaban J connectivity index is 1.74. The molecule has 0 bridgehead atoms. The van der Waals surface area contributed by atoms with Crippen LogP contribution in [0.15, 0.2) is 47.2 Å². The Hall–Kier alpha value is -2.56. The number of hydrogen-bond acceptors (Lipinski definition) is 6. The Labute approximate surface area is 154 Å². The van der Waals surface area contributed by atoms with Crippen molar-refractivity contribution in [3.8, 4) is 5.69 Å². The zero-order chi connectivity index (χ0) is 18.9. The summed E-state index contributed by atoms with van der Waals surface area (Å²) < 4.78 is 24.5. The molecule has 0 saturated heterocycles. The third-order valence-electron chi connectivity index (χ3n) is 3.81. The number of carbonyl (C=O) groups excluding carboxylic acids is 1. The molecular formula is C16H17N5O3S2. The SMILES string of the molecule is Cc1cc(S(N)(=O)=O)sc1C(=O)NC(C)c1ccc(-n2cncn2)cc1. The molecule has 1 amide bonds. The summed E-state index contributed by atoms with van der Waals surface area (Å²) in [5.41, 5.74) is 2.34. The topological polar surface area (TPSA) is 120 Å². The Kier molecular flexibility index (Phi) is 4.90. The standard InChI is InChI=1S/C16H17N5O3S2/c1-10-7-14(26(17,23)24)25-15(10)16(22)20-11(2)12-3-5-13(6-4-12)21-9-18-8-19-21/h3-9,11H,1-2H3,(H,20,22)(H2,17,23,24). The zero-order valence-electron chi connectivity index (χ0n) is 14.1. The second-order valence-corrected chi connectivity index (χ2v) is 8.59. The summed E-state index contributed by atoms with van der Waals surface area (Å²) in [6.45, 7) is 3.53. The van der Waals surface area contributed by atoms with Gasteiger partial charge in [-0.3, -0.25) is 4.79 Å². The van der Waals surface area contributed by atoms with E-state index in [4.69, 9.17) is 5.14 Å². The van der Waals surface area contributed by atoms with Gasteiger partial charge in [-0.2, -0.15) is 5.10 Å². The van der Waals surface area contributed by atoms with Gasteiger partial charge in [0.1, 0.15) is 16.9 Å². The highest BCUT2D eigenvalue weighted by Gasteiger charge is 2.20. The molecule has 3 N–H and O–H groups in total. The minimum absolute atomic E-state index is 0.0232. The highest BCUT2D eigenvalue weighted by Crippen LogP contribution is 2.26. The lowest BCUT2D eigenvalue weighted by molar-refractivity contribution is 0.0943. The molecule has 136 valence electrons. The van der Waals surface area contributed by atoms with Gasteiger partial charge in [0.05, 0.1) is 16.6 Å². The fraction of sp³-hybridized carbons (Fsp3) is 0.188. The van der Waals surface area contributed by atoms with E-state index < -0.39 is 10.0 Å². The van der Waals surface area contributed by atoms with Gasteiger partial charge in [0.2, 0.25) is 10.0 Å². The van der Waals surface area contributed by atoms with E-state index in [1.54, 1.807) is 17.9 Å². The largest absolute Gasteiger partial charge is 0.345 e.